The van der Waals surface area contributed by atoms with Crippen LogP contribution in [0.15, 0.2) is 95.0 Å². The number of aromatic nitrogens is 2. The van der Waals surface area contributed by atoms with E-state index in [1.165, 1.54) is 21.6 Å². The van der Waals surface area contributed by atoms with Gasteiger partial charge < -0.3 is 10.2 Å². The van der Waals surface area contributed by atoms with Crippen LogP contribution >= 0.6 is 21.6 Å². The van der Waals surface area contributed by atoms with Crippen molar-refractivity contribution in [1.82, 2.24) is 9.97 Å². The molecule has 4 aromatic rings. The zero-order valence-corrected chi connectivity index (χ0v) is 16.3. The van der Waals surface area contributed by atoms with Gasteiger partial charge in [0.05, 0.1) is 21.2 Å². The van der Waals surface area contributed by atoms with Crippen LogP contribution in [0, 0.1) is 0 Å². The Morgan fingerprint density at radius 3 is 1.39 bits per heavy atom. The van der Waals surface area contributed by atoms with Crippen molar-refractivity contribution in [2.75, 3.05) is 0 Å². The zero-order chi connectivity index (χ0) is 19.3. The number of aromatic hydroxyl groups is 2. The number of pyridine rings is 2. The normalized spacial score (nSPS) is 10.7. The Bertz CT molecular complexity index is 1000. The summed E-state index contributed by atoms with van der Waals surface area (Å²) in [5.74, 6) is 0.359. The summed E-state index contributed by atoms with van der Waals surface area (Å²) in [4.78, 5) is 10.0. The molecule has 138 valence electrons. The molecule has 0 amide bonds. The Labute approximate surface area is 170 Å². The highest BCUT2D eigenvalue weighted by atomic mass is 33.1. The maximum absolute atomic E-state index is 10.7. The third-order valence-corrected chi connectivity index (χ3v) is 6.53. The van der Waals surface area contributed by atoms with Crippen LogP contribution in [0.5, 0.6) is 11.5 Å². The highest BCUT2D eigenvalue weighted by Gasteiger charge is 2.14. The SMILES string of the molecule is Oc1c(SSc2cccc(-c3ccccn3)c2O)cccc1-c1ccccn1. The van der Waals surface area contributed by atoms with E-state index in [-0.39, 0.29) is 11.5 Å². The number of phenols is 2. The first-order valence-electron chi connectivity index (χ1n) is 8.55. The van der Waals surface area contributed by atoms with E-state index in [4.69, 9.17) is 0 Å². The zero-order valence-electron chi connectivity index (χ0n) is 14.7. The number of hydrogen-bond donors (Lipinski definition) is 2. The summed E-state index contributed by atoms with van der Waals surface area (Å²) in [6.07, 6.45) is 3.40. The maximum atomic E-state index is 10.7. The molecule has 0 unspecified atom stereocenters. The molecule has 4 rings (SSSR count). The minimum atomic E-state index is 0.180. The number of rotatable bonds is 5. The standard InChI is InChI=1S/C22H16N2O2S2/c25-21-15(17-9-1-3-13-23-17)7-5-11-19(21)27-28-20-12-6-8-16(22(20)26)18-10-2-4-14-24-18/h1-14,25-26H. The van der Waals surface area contributed by atoms with Gasteiger partial charge in [0.2, 0.25) is 0 Å². The first kappa shape index (κ1) is 18.4. The summed E-state index contributed by atoms with van der Waals surface area (Å²) in [6.45, 7) is 0. The third-order valence-electron chi connectivity index (χ3n) is 4.10. The van der Waals surface area contributed by atoms with E-state index in [2.05, 4.69) is 9.97 Å². The average molecular weight is 405 g/mol. The molecule has 0 aliphatic rings. The van der Waals surface area contributed by atoms with Gasteiger partial charge in [0.1, 0.15) is 11.5 Å². The Hall–Kier alpha value is -2.96. The van der Waals surface area contributed by atoms with Crippen LogP contribution in [0.2, 0.25) is 0 Å². The molecule has 2 N–H and O–H groups in total. The Morgan fingerprint density at radius 1 is 0.536 bits per heavy atom. The van der Waals surface area contributed by atoms with Gasteiger partial charge in [-0.3, -0.25) is 9.97 Å². The summed E-state index contributed by atoms with van der Waals surface area (Å²) in [5, 5.41) is 21.4. The van der Waals surface area contributed by atoms with Gasteiger partial charge in [-0.05, 0) is 70.1 Å². The summed E-state index contributed by atoms with van der Waals surface area (Å²) in [6, 6.07) is 22.3. The number of hydrogen-bond acceptors (Lipinski definition) is 6. The maximum Gasteiger partial charge on any atom is 0.139 e. The average Bonchev–Trinajstić information content (AvgIpc) is 2.75. The van der Waals surface area contributed by atoms with Crippen molar-refractivity contribution in [3.05, 3.63) is 85.2 Å². The van der Waals surface area contributed by atoms with E-state index in [1.807, 2.05) is 72.8 Å². The van der Waals surface area contributed by atoms with E-state index in [0.29, 0.717) is 32.3 Å². The Balaban J connectivity index is 1.59. The van der Waals surface area contributed by atoms with Crippen LogP contribution in [0.3, 0.4) is 0 Å². The minimum absolute atomic E-state index is 0.180. The molecule has 2 aromatic carbocycles. The number of nitrogens with zero attached hydrogens (tertiary/aromatic N) is 2. The molecule has 0 atom stereocenters. The lowest BCUT2D eigenvalue weighted by Gasteiger charge is -2.11. The van der Waals surface area contributed by atoms with Crippen molar-refractivity contribution in [2.45, 2.75) is 9.79 Å². The van der Waals surface area contributed by atoms with Gasteiger partial charge in [-0.1, -0.05) is 24.3 Å². The molecule has 0 saturated carbocycles. The molecule has 0 spiro atoms. The number of benzene rings is 2. The fourth-order valence-corrected chi connectivity index (χ4v) is 4.90. The molecule has 0 fully saturated rings. The third kappa shape index (κ3) is 3.83. The van der Waals surface area contributed by atoms with E-state index in [0.717, 1.165) is 0 Å². The molecule has 0 aliphatic carbocycles. The number of para-hydroxylation sites is 2. The molecule has 0 saturated heterocycles. The fraction of sp³-hybridized carbons (Fsp3) is 0. The molecule has 2 heterocycles. The van der Waals surface area contributed by atoms with Gasteiger partial charge in [-0.25, -0.2) is 0 Å². The monoisotopic (exact) mass is 404 g/mol. The van der Waals surface area contributed by atoms with Gasteiger partial charge in [-0.2, -0.15) is 0 Å². The summed E-state index contributed by atoms with van der Waals surface area (Å²) >= 11 is 0. The molecular formula is C22H16N2O2S2. The van der Waals surface area contributed by atoms with Crippen LogP contribution in [-0.2, 0) is 0 Å². The minimum Gasteiger partial charge on any atom is -0.506 e. The first-order valence-corrected chi connectivity index (χ1v) is 10.7. The topological polar surface area (TPSA) is 66.2 Å². The van der Waals surface area contributed by atoms with E-state index >= 15 is 0 Å². The van der Waals surface area contributed by atoms with Crippen molar-refractivity contribution in [3.63, 3.8) is 0 Å². The lowest BCUT2D eigenvalue weighted by molar-refractivity contribution is 0.463. The molecule has 4 nitrogen and oxygen atoms in total. The lowest BCUT2D eigenvalue weighted by atomic mass is 10.1. The van der Waals surface area contributed by atoms with Gasteiger partial charge in [0.25, 0.3) is 0 Å². The Kier molecular flexibility index (Phi) is 5.50. The van der Waals surface area contributed by atoms with Gasteiger partial charge in [0, 0.05) is 23.5 Å². The van der Waals surface area contributed by atoms with Crippen LogP contribution in [0.4, 0.5) is 0 Å². The van der Waals surface area contributed by atoms with Crippen LogP contribution in [0.1, 0.15) is 0 Å². The quantitative estimate of drug-likeness (QED) is 0.396. The fourth-order valence-electron chi connectivity index (χ4n) is 2.73. The van der Waals surface area contributed by atoms with Gasteiger partial charge in [-0.15, -0.1) is 0 Å². The molecule has 28 heavy (non-hydrogen) atoms. The molecule has 0 bridgehead atoms. The van der Waals surface area contributed by atoms with Gasteiger partial charge >= 0.3 is 0 Å². The first-order chi connectivity index (χ1) is 13.7. The highest BCUT2D eigenvalue weighted by Crippen LogP contribution is 2.48. The van der Waals surface area contributed by atoms with E-state index in [9.17, 15) is 10.2 Å². The molecule has 0 aliphatic heterocycles. The predicted octanol–water partition coefficient (Wildman–Crippen LogP) is 6.02. The second-order valence-electron chi connectivity index (χ2n) is 5.90. The van der Waals surface area contributed by atoms with Gasteiger partial charge in [0.15, 0.2) is 0 Å². The van der Waals surface area contributed by atoms with Crippen LogP contribution in [-0.4, -0.2) is 20.2 Å². The molecule has 2 aromatic heterocycles. The molecular weight excluding hydrogens is 388 g/mol. The van der Waals surface area contributed by atoms with Crippen molar-refractivity contribution >= 4 is 21.6 Å². The largest absolute Gasteiger partial charge is 0.506 e. The Morgan fingerprint density at radius 2 is 1.00 bits per heavy atom. The second-order valence-corrected chi connectivity index (χ2v) is 8.11. The van der Waals surface area contributed by atoms with Crippen LogP contribution in [0.25, 0.3) is 22.5 Å². The summed E-state index contributed by atoms with van der Waals surface area (Å²) in [5.41, 5.74) is 2.79. The van der Waals surface area contributed by atoms with Crippen LogP contribution < -0.4 is 0 Å². The van der Waals surface area contributed by atoms with Crippen molar-refractivity contribution in [2.24, 2.45) is 0 Å². The molecule has 0 radical (unpaired) electrons. The lowest BCUT2D eigenvalue weighted by Crippen LogP contribution is -1.85. The number of phenolic OH excluding ortho intramolecular Hbond substituents is 2. The van der Waals surface area contributed by atoms with Crippen molar-refractivity contribution in [1.29, 1.82) is 0 Å². The molecule has 6 heteroatoms. The smallest absolute Gasteiger partial charge is 0.139 e. The summed E-state index contributed by atoms with van der Waals surface area (Å²) < 4.78 is 0. The highest BCUT2D eigenvalue weighted by molar-refractivity contribution is 8.76. The van der Waals surface area contributed by atoms with E-state index in [1.54, 1.807) is 12.4 Å². The van der Waals surface area contributed by atoms with E-state index < -0.39 is 0 Å². The van der Waals surface area contributed by atoms with Crippen molar-refractivity contribution < 1.29 is 10.2 Å². The second kappa shape index (κ2) is 8.37. The van der Waals surface area contributed by atoms with Crippen molar-refractivity contribution in [3.8, 4) is 34.0 Å². The summed E-state index contributed by atoms with van der Waals surface area (Å²) in [7, 11) is 2.77. The predicted molar refractivity (Wildman–Crippen MR) is 114 cm³/mol.